The van der Waals surface area contributed by atoms with E-state index in [4.69, 9.17) is 31.8 Å². The van der Waals surface area contributed by atoms with Crippen molar-refractivity contribution in [1.82, 2.24) is 15.0 Å². The van der Waals surface area contributed by atoms with E-state index in [-0.39, 0.29) is 35.4 Å². The molecule has 0 aliphatic rings. The van der Waals surface area contributed by atoms with Gasteiger partial charge in [0, 0.05) is 15.7 Å². The van der Waals surface area contributed by atoms with Crippen LogP contribution in [0.1, 0.15) is 13.3 Å². The Balaban J connectivity index is 0.000000880. The van der Waals surface area contributed by atoms with Crippen molar-refractivity contribution < 1.29 is 72.1 Å². The van der Waals surface area contributed by atoms with Gasteiger partial charge in [0.15, 0.2) is 28.3 Å². The van der Waals surface area contributed by atoms with E-state index in [1.54, 1.807) is 6.92 Å². The number of benzene rings is 3. The van der Waals surface area contributed by atoms with Gasteiger partial charge in [0.25, 0.3) is 20.2 Å². The number of nitrogens with two attached hydrogens (primary N) is 1. The van der Waals surface area contributed by atoms with E-state index in [2.05, 4.69) is 38.7 Å². The second kappa shape index (κ2) is 19.3. The number of rotatable bonds is 14. The number of nitrogens with zero attached hydrogens (tertiary/aromatic N) is 5. The number of fused-ring (bicyclic) bond motifs is 1. The molecule has 28 heteroatoms. The third kappa shape index (κ3) is 12.9. The zero-order chi connectivity index (χ0) is 37.2. The Labute approximate surface area is 302 Å². The molecule has 0 amide bonds. The summed E-state index contributed by atoms with van der Waals surface area (Å²) in [5, 5.41) is 28.9. The number of phenols is 1. The smallest absolute Gasteiger partial charge is 0.357 e. The molecule has 22 nitrogen and oxygen atoms in total. The molecule has 0 aliphatic carbocycles. The Morgan fingerprint density at radius 1 is 1.02 bits per heavy atom. The molecule has 0 aliphatic heterocycles. The van der Waals surface area contributed by atoms with E-state index in [0.717, 1.165) is 30.3 Å². The van der Waals surface area contributed by atoms with Gasteiger partial charge in [0.2, 0.25) is 5.28 Å². The van der Waals surface area contributed by atoms with Gasteiger partial charge in [-0.15, -0.1) is 14.6 Å². The van der Waals surface area contributed by atoms with Crippen molar-refractivity contribution in [2.24, 2.45) is 10.2 Å². The summed E-state index contributed by atoms with van der Waals surface area (Å²) in [4.78, 5) is 14.1. The molecule has 4 rings (SSSR count). The molecule has 7 N–H and O–H groups in total. The molecule has 0 bridgehead atoms. The first kappa shape index (κ1) is 43.6. The van der Waals surface area contributed by atoms with Crippen LogP contribution in [0.15, 0.2) is 67.6 Å². The number of anilines is 1. The number of aryl methyl sites for hydroxylation is 1. The molecule has 2 unspecified atom stereocenters. The number of nitrogen functional groups attached to an aromatic ring is 1. The quantitative estimate of drug-likeness (QED) is 0.0152. The molecule has 1 aromatic heterocycles. The lowest BCUT2D eigenvalue weighted by atomic mass is 10.1. The van der Waals surface area contributed by atoms with Crippen molar-refractivity contribution in [3.05, 3.63) is 53.8 Å². The summed E-state index contributed by atoms with van der Waals surface area (Å²) in [6, 6.07) is 6.15. The molecule has 280 valence electrons. The fourth-order valence-corrected chi connectivity index (χ4v) is 6.30. The second-order valence-corrected chi connectivity index (χ2v) is 14.3. The van der Waals surface area contributed by atoms with Gasteiger partial charge in [0.1, 0.15) is 27.6 Å². The van der Waals surface area contributed by atoms with Gasteiger partial charge in [-0.25, -0.2) is 29.3 Å². The Morgan fingerprint density at radius 3 is 2.29 bits per heavy atom. The molecule has 0 radical (unpaired) electrons. The zero-order valence-electron chi connectivity index (χ0n) is 24.4. The van der Waals surface area contributed by atoms with E-state index >= 15 is 0 Å². The minimum Gasteiger partial charge on any atom is -0.505 e. The first-order valence-electron chi connectivity index (χ1n) is 12.4. The molecule has 4 aromatic rings. The van der Waals surface area contributed by atoms with Crippen LogP contribution in [-0.4, -0.2) is 76.6 Å². The van der Waals surface area contributed by atoms with Gasteiger partial charge in [-0.1, -0.05) is 12.5 Å². The van der Waals surface area contributed by atoms with Crippen LogP contribution in [0, 0.1) is 6.92 Å². The number of aromatic nitrogens is 3. The zero-order valence-corrected chi connectivity index (χ0v) is 29.3. The minimum atomic E-state index is -4.97. The number of aromatic hydroxyl groups is 1. The van der Waals surface area contributed by atoms with Gasteiger partial charge >= 0.3 is 11.4 Å². The lowest BCUT2D eigenvalue weighted by Gasteiger charge is -2.13. The van der Waals surface area contributed by atoms with Crippen LogP contribution in [0.3, 0.4) is 0 Å². The first-order valence-corrected chi connectivity index (χ1v) is 18.7. The largest absolute Gasteiger partial charge is 0.505 e. The maximum atomic E-state index is 12.0. The van der Waals surface area contributed by atoms with Gasteiger partial charge in [-0.3, -0.25) is 13.7 Å². The molecule has 2 atom stereocenters. The van der Waals surface area contributed by atoms with Crippen LogP contribution in [-0.2, 0) is 61.3 Å². The summed E-state index contributed by atoms with van der Waals surface area (Å²) in [7, 11) is -9.93. The van der Waals surface area contributed by atoms with E-state index in [0.29, 0.717) is 17.9 Å². The summed E-state index contributed by atoms with van der Waals surface area (Å²) in [5.41, 5.74) is 4.02. The Morgan fingerprint density at radius 2 is 1.73 bits per heavy atom. The highest BCUT2D eigenvalue weighted by molar-refractivity contribution is 7.94. The Bertz CT molecular complexity index is 2140. The van der Waals surface area contributed by atoms with E-state index in [9.17, 15) is 44.0 Å². The molecular weight excluding hydrogens is 812 g/mol. The molecular formula is C23H25ClN6O16S5. The molecule has 0 spiro atoms. The lowest BCUT2D eigenvalue weighted by molar-refractivity contribution is -0.435. The number of hydrogen-bond acceptors (Lipinski definition) is 20. The summed E-state index contributed by atoms with van der Waals surface area (Å²) in [6.45, 7) is 1.45. The SMILES string of the molecule is C.Cc1ncnc(Cl)n1.Nc1ccc2c(O)c(N=Nc3ccc(SOOCCS(=O)OOO)cc3S(=O)(=O)O)c(OS(=O)O)cc2c1S(=O)(=O)O. The summed E-state index contributed by atoms with van der Waals surface area (Å²) in [6.07, 6.45) is 1.38. The highest BCUT2D eigenvalue weighted by Gasteiger charge is 2.25. The number of halogens is 1. The van der Waals surface area contributed by atoms with Crippen LogP contribution >= 0.6 is 23.6 Å². The Kier molecular flexibility index (Phi) is 16.5. The second-order valence-electron chi connectivity index (χ2n) is 8.66. The normalized spacial score (nSPS) is 12.9. The van der Waals surface area contributed by atoms with Gasteiger partial charge < -0.3 is 15.0 Å². The van der Waals surface area contributed by atoms with Crippen LogP contribution < -0.4 is 9.92 Å². The van der Waals surface area contributed by atoms with Crippen molar-refractivity contribution >= 4 is 94.2 Å². The summed E-state index contributed by atoms with van der Waals surface area (Å²) >= 11 is 0.747. The maximum Gasteiger partial charge on any atom is 0.357 e. The van der Waals surface area contributed by atoms with Crippen LogP contribution in [0.4, 0.5) is 17.1 Å². The fraction of sp³-hybridized carbons (Fsp3) is 0.174. The van der Waals surface area contributed by atoms with Gasteiger partial charge in [-0.05, 0) is 54.9 Å². The third-order valence-electron chi connectivity index (χ3n) is 5.38. The van der Waals surface area contributed by atoms with Crippen molar-refractivity contribution in [1.29, 1.82) is 0 Å². The first-order chi connectivity index (χ1) is 23.4. The highest BCUT2D eigenvalue weighted by atomic mass is 35.5. The van der Waals surface area contributed by atoms with E-state index < -0.39 is 86.4 Å². The summed E-state index contributed by atoms with van der Waals surface area (Å²) < 4.78 is 112. The lowest BCUT2D eigenvalue weighted by Crippen LogP contribution is -2.07. The summed E-state index contributed by atoms with van der Waals surface area (Å²) in [5.74, 6) is -1.24. The third-order valence-corrected chi connectivity index (χ3v) is 9.06. The number of phenolic OH excluding ortho intramolecular Hbond substituents is 1. The van der Waals surface area contributed by atoms with Crippen molar-refractivity contribution in [2.45, 2.75) is 29.0 Å². The average molecular weight is 837 g/mol. The number of azo groups is 1. The highest BCUT2D eigenvalue weighted by Crippen LogP contribution is 2.46. The molecule has 3 aromatic carbocycles. The van der Waals surface area contributed by atoms with Gasteiger partial charge in [-0.2, -0.15) is 25.4 Å². The molecule has 51 heavy (non-hydrogen) atoms. The van der Waals surface area contributed by atoms with E-state index in [1.165, 1.54) is 12.4 Å². The standard InChI is InChI=1S/C18H17N3O16S5.C4H4ClN3.CH4/c19-12-3-2-10-11(18(12)42(30,31)32)8-14(34-40(25)26)16(17(10)22)21-20-13-4-1-9(7-15(13)41(27,28)29)38-36-33-5-6-39(24)37-35-23;1-3-6-2-7-4(5)8-3;/h1-4,7-8,22-23H,5-6,19H2,(H,25,26)(H,27,28,29)(H,30,31,32);2H,1H3;1H4. The van der Waals surface area contributed by atoms with Gasteiger partial charge in [0.05, 0.1) is 30.1 Å². The molecule has 1 heterocycles. The van der Waals surface area contributed by atoms with Crippen molar-refractivity contribution in [3.8, 4) is 11.5 Å². The van der Waals surface area contributed by atoms with Crippen molar-refractivity contribution in [2.75, 3.05) is 18.1 Å². The monoisotopic (exact) mass is 836 g/mol. The Hall–Kier alpha value is -3.55. The number of hydrogen-bond donors (Lipinski definition) is 6. The predicted molar refractivity (Wildman–Crippen MR) is 179 cm³/mol. The van der Waals surface area contributed by atoms with Crippen LogP contribution in [0.25, 0.3) is 10.8 Å². The average Bonchev–Trinajstić information content (AvgIpc) is 3.00. The fourth-order valence-electron chi connectivity index (χ4n) is 3.49. The molecule has 0 saturated heterocycles. The topological polar surface area (TPSA) is 339 Å². The molecule has 0 saturated carbocycles. The van der Waals surface area contributed by atoms with E-state index in [1.807, 2.05) is 0 Å². The van der Waals surface area contributed by atoms with Crippen LogP contribution in [0.5, 0.6) is 11.5 Å². The van der Waals surface area contributed by atoms with Crippen molar-refractivity contribution in [3.63, 3.8) is 0 Å². The predicted octanol–water partition coefficient (Wildman–Crippen LogP) is 4.06. The minimum absolute atomic E-state index is 0. The maximum absolute atomic E-state index is 12.0. The molecule has 0 fully saturated rings. The van der Waals surface area contributed by atoms with Crippen LogP contribution in [0.2, 0.25) is 5.28 Å².